The molecule has 0 aromatic heterocycles. The van der Waals surface area contributed by atoms with Gasteiger partial charge in [0.15, 0.2) is 0 Å². The molecule has 1 unspecified atom stereocenters. The summed E-state index contributed by atoms with van der Waals surface area (Å²) in [4.78, 5) is 12.9. The average Bonchev–Trinajstić information content (AvgIpc) is 2.04. The monoisotopic (exact) mass is 167 g/mol. The van der Waals surface area contributed by atoms with Gasteiger partial charge < -0.3 is 5.32 Å². The summed E-state index contributed by atoms with van der Waals surface area (Å²) < 4.78 is 0. The van der Waals surface area contributed by atoms with E-state index in [-0.39, 0.29) is 11.8 Å². The number of nitriles is 1. The molecule has 1 amide bonds. The number of nitrogens with one attached hydrogen (secondary N) is 1. The zero-order valence-electron chi connectivity index (χ0n) is 7.21. The first-order valence-electron chi connectivity index (χ1n) is 4.11. The van der Waals surface area contributed by atoms with Crippen molar-refractivity contribution in [3.63, 3.8) is 0 Å². The standard InChI is InChI=1S/C8H13N3O/c1-7(4-9)5-11-3-2-10-8(12)6-11/h7H,2-3,5-6H2,1H3,(H,10,12). The van der Waals surface area contributed by atoms with Crippen LogP contribution < -0.4 is 5.32 Å². The van der Waals surface area contributed by atoms with E-state index in [0.29, 0.717) is 19.6 Å². The van der Waals surface area contributed by atoms with E-state index in [1.54, 1.807) is 0 Å². The molecule has 1 saturated heterocycles. The third-order valence-corrected chi connectivity index (χ3v) is 1.87. The van der Waals surface area contributed by atoms with Gasteiger partial charge in [0, 0.05) is 19.6 Å². The topological polar surface area (TPSA) is 56.1 Å². The van der Waals surface area contributed by atoms with Crippen LogP contribution in [0.15, 0.2) is 0 Å². The van der Waals surface area contributed by atoms with Crippen molar-refractivity contribution in [3.05, 3.63) is 0 Å². The fraction of sp³-hybridized carbons (Fsp3) is 0.750. The summed E-state index contributed by atoms with van der Waals surface area (Å²) in [6.07, 6.45) is 0. The number of nitrogens with zero attached hydrogens (tertiary/aromatic N) is 2. The summed E-state index contributed by atoms with van der Waals surface area (Å²) in [7, 11) is 0. The number of rotatable bonds is 2. The highest BCUT2D eigenvalue weighted by atomic mass is 16.2. The van der Waals surface area contributed by atoms with Gasteiger partial charge in [0.25, 0.3) is 0 Å². The van der Waals surface area contributed by atoms with Crippen LogP contribution in [0.5, 0.6) is 0 Å². The molecule has 4 nitrogen and oxygen atoms in total. The zero-order valence-corrected chi connectivity index (χ0v) is 7.21. The van der Waals surface area contributed by atoms with Crippen molar-refractivity contribution in [3.8, 4) is 6.07 Å². The van der Waals surface area contributed by atoms with Gasteiger partial charge in [-0.1, -0.05) is 0 Å². The van der Waals surface area contributed by atoms with E-state index in [4.69, 9.17) is 5.26 Å². The molecule has 0 aromatic rings. The highest BCUT2D eigenvalue weighted by Crippen LogP contribution is 1.99. The molecule has 1 aliphatic heterocycles. The van der Waals surface area contributed by atoms with Crippen molar-refractivity contribution in [2.45, 2.75) is 6.92 Å². The summed E-state index contributed by atoms with van der Waals surface area (Å²) in [6, 6.07) is 2.15. The van der Waals surface area contributed by atoms with Crippen LogP contribution in [-0.2, 0) is 4.79 Å². The first kappa shape index (κ1) is 9.01. The van der Waals surface area contributed by atoms with Gasteiger partial charge in [0.1, 0.15) is 0 Å². The Labute approximate surface area is 72.2 Å². The molecule has 0 spiro atoms. The molecule has 1 atom stereocenters. The Kier molecular flexibility index (Phi) is 3.06. The summed E-state index contributed by atoms with van der Waals surface area (Å²) >= 11 is 0. The number of hydrogen-bond donors (Lipinski definition) is 1. The zero-order chi connectivity index (χ0) is 8.97. The minimum atomic E-state index is 0.0101. The second-order valence-electron chi connectivity index (χ2n) is 3.12. The van der Waals surface area contributed by atoms with Crippen molar-refractivity contribution in [1.82, 2.24) is 10.2 Å². The average molecular weight is 167 g/mol. The molecule has 1 rings (SSSR count). The van der Waals surface area contributed by atoms with E-state index in [2.05, 4.69) is 11.4 Å². The SMILES string of the molecule is CC(C#N)CN1CCNC(=O)C1. The Morgan fingerprint density at radius 2 is 2.58 bits per heavy atom. The van der Waals surface area contributed by atoms with Gasteiger partial charge in [-0.2, -0.15) is 5.26 Å². The van der Waals surface area contributed by atoms with Crippen molar-refractivity contribution in [2.75, 3.05) is 26.2 Å². The summed E-state index contributed by atoms with van der Waals surface area (Å²) in [5.74, 6) is 0.0716. The van der Waals surface area contributed by atoms with Crippen LogP contribution in [-0.4, -0.2) is 37.0 Å². The maximum atomic E-state index is 10.9. The third-order valence-electron chi connectivity index (χ3n) is 1.87. The second kappa shape index (κ2) is 4.07. The van der Waals surface area contributed by atoms with E-state index >= 15 is 0 Å². The van der Waals surface area contributed by atoms with Gasteiger partial charge in [0.2, 0.25) is 5.91 Å². The summed E-state index contributed by atoms with van der Waals surface area (Å²) in [6.45, 7) is 4.57. The van der Waals surface area contributed by atoms with Crippen LogP contribution >= 0.6 is 0 Å². The van der Waals surface area contributed by atoms with Gasteiger partial charge in [-0.05, 0) is 6.92 Å². The van der Waals surface area contributed by atoms with Gasteiger partial charge >= 0.3 is 0 Å². The maximum Gasteiger partial charge on any atom is 0.234 e. The molecule has 0 aromatic carbocycles. The normalized spacial score (nSPS) is 21.2. The number of piperazine rings is 1. The van der Waals surface area contributed by atoms with Gasteiger partial charge in [-0.15, -0.1) is 0 Å². The Morgan fingerprint density at radius 3 is 3.17 bits per heavy atom. The third kappa shape index (κ3) is 2.51. The van der Waals surface area contributed by atoms with Crippen molar-refractivity contribution >= 4 is 5.91 Å². The predicted octanol–water partition coefficient (Wildman–Crippen LogP) is -0.422. The first-order chi connectivity index (χ1) is 5.72. The first-order valence-corrected chi connectivity index (χ1v) is 4.11. The lowest BCUT2D eigenvalue weighted by atomic mass is 10.2. The number of carbonyl (C=O) groups is 1. The van der Waals surface area contributed by atoms with E-state index in [0.717, 1.165) is 6.54 Å². The van der Waals surface area contributed by atoms with Crippen molar-refractivity contribution < 1.29 is 4.79 Å². The van der Waals surface area contributed by atoms with Crippen LogP contribution in [0, 0.1) is 17.2 Å². The van der Waals surface area contributed by atoms with Crippen LogP contribution in [0.1, 0.15) is 6.92 Å². The molecule has 1 N–H and O–H groups in total. The van der Waals surface area contributed by atoms with Crippen LogP contribution in [0.25, 0.3) is 0 Å². The molecule has 1 fully saturated rings. The van der Waals surface area contributed by atoms with Crippen molar-refractivity contribution in [2.24, 2.45) is 5.92 Å². The van der Waals surface area contributed by atoms with E-state index < -0.39 is 0 Å². The summed E-state index contributed by atoms with van der Waals surface area (Å²) in [5, 5.41) is 11.3. The number of carbonyl (C=O) groups excluding carboxylic acids is 1. The number of amides is 1. The predicted molar refractivity (Wildman–Crippen MR) is 44.2 cm³/mol. The molecular formula is C8H13N3O. The highest BCUT2D eigenvalue weighted by molar-refractivity contribution is 5.78. The molecule has 1 heterocycles. The largest absolute Gasteiger partial charge is 0.354 e. The van der Waals surface area contributed by atoms with Gasteiger partial charge in [0.05, 0.1) is 18.5 Å². The molecule has 1 aliphatic rings. The second-order valence-corrected chi connectivity index (χ2v) is 3.12. The van der Waals surface area contributed by atoms with Gasteiger partial charge in [-0.3, -0.25) is 9.69 Å². The minimum Gasteiger partial charge on any atom is -0.354 e. The van der Waals surface area contributed by atoms with E-state index in [1.165, 1.54) is 0 Å². The molecule has 66 valence electrons. The quantitative estimate of drug-likeness (QED) is 0.607. The lowest BCUT2D eigenvalue weighted by Crippen LogP contribution is -2.48. The highest BCUT2D eigenvalue weighted by Gasteiger charge is 2.17. The summed E-state index contributed by atoms with van der Waals surface area (Å²) in [5.41, 5.74) is 0. The fourth-order valence-corrected chi connectivity index (χ4v) is 1.28. The molecule has 12 heavy (non-hydrogen) atoms. The molecular weight excluding hydrogens is 154 g/mol. The smallest absolute Gasteiger partial charge is 0.234 e. The molecule has 0 bridgehead atoms. The Balaban J connectivity index is 2.33. The van der Waals surface area contributed by atoms with Crippen LogP contribution in [0.2, 0.25) is 0 Å². The molecule has 4 heteroatoms. The van der Waals surface area contributed by atoms with Crippen LogP contribution in [0.3, 0.4) is 0 Å². The van der Waals surface area contributed by atoms with E-state index in [9.17, 15) is 4.79 Å². The lowest BCUT2D eigenvalue weighted by molar-refractivity contribution is -0.124. The molecule has 0 radical (unpaired) electrons. The number of hydrogen-bond acceptors (Lipinski definition) is 3. The van der Waals surface area contributed by atoms with Crippen molar-refractivity contribution in [1.29, 1.82) is 5.26 Å². The van der Waals surface area contributed by atoms with Crippen LogP contribution in [0.4, 0.5) is 0 Å². The Morgan fingerprint density at radius 1 is 1.83 bits per heavy atom. The fourth-order valence-electron chi connectivity index (χ4n) is 1.28. The Hall–Kier alpha value is -1.08. The molecule has 0 saturated carbocycles. The maximum absolute atomic E-state index is 10.9. The molecule has 0 aliphatic carbocycles. The minimum absolute atomic E-state index is 0.0101. The van der Waals surface area contributed by atoms with E-state index in [1.807, 2.05) is 11.8 Å². The Bertz CT molecular complexity index is 209. The van der Waals surface area contributed by atoms with Gasteiger partial charge in [-0.25, -0.2) is 0 Å². The lowest BCUT2D eigenvalue weighted by Gasteiger charge is -2.26.